The lowest BCUT2D eigenvalue weighted by molar-refractivity contribution is -0.133. The summed E-state index contributed by atoms with van der Waals surface area (Å²) in [5.74, 6) is -1.51. The zero-order valence-electron chi connectivity index (χ0n) is 23.6. The summed E-state index contributed by atoms with van der Waals surface area (Å²) in [7, 11) is -15.2. The monoisotopic (exact) mass is 724 g/mol. The molecule has 0 spiro atoms. The van der Waals surface area contributed by atoms with Crippen LogP contribution in [0.4, 0.5) is 0 Å². The number of esters is 1. The molecule has 0 aliphatic rings. The predicted molar refractivity (Wildman–Crippen MR) is 168 cm³/mol. The van der Waals surface area contributed by atoms with E-state index in [2.05, 4.69) is 10.5 Å². The summed E-state index contributed by atoms with van der Waals surface area (Å²) in [6, 6.07) is 12.2. The topological polar surface area (TPSA) is 240 Å². The zero-order valence-corrected chi connectivity index (χ0v) is 26.8. The van der Waals surface area contributed by atoms with E-state index in [1.54, 1.807) is 0 Å². The largest absolute Gasteiger partial charge is 0.483 e. The number of nitrogens with one attached hydrogen (secondary N) is 1. The number of hydrogen-bond acceptors (Lipinski definition) is 11. The van der Waals surface area contributed by atoms with Crippen molar-refractivity contribution in [2.75, 3.05) is 6.61 Å². The molecule has 15 nitrogen and oxygen atoms in total. The van der Waals surface area contributed by atoms with Gasteiger partial charge in [0.15, 0.2) is 6.61 Å². The van der Waals surface area contributed by atoms with Gasteiger partial charge < -0.3 is 9.47 Å². The van der Waals surface area contributed by atoms with Crippen LogP contribution in [0.5, 0.6) is 11.5 Å². The molecule has 1 atom stereocenters. The van der Waals surface area contributed by atoms with Gasteiger partial charge in [0.2, 0.25) is 0 Å². The molecule has 19 heteroatoms. The summed E-state index contributed by atoms with van der Waals surface area (Å²) in [6.07, 6.45) is 1.26. The van der Waals surface area contributed by atoms with Crippen molar-refractivity contribution in [1.82, 2.24) is 5.43 Å². The van der Waals surface area contributed by atoms with Crippen molar-refractivity contribution in [2.24, 2.45) is 5.10 Å². The van der Waals surface area contributed by atoms with E-state index >= 15 is 0 Å². The molecule has 0 unspecified atom stereocenters. The van der Waals surface area contributed by atoms with E-state index in [9.17, 15) is 48.5 Å². The highest BCUT2D eigenvalue weighted by Crippen LogP contribution is 2.45. The van der Waals surface area contributed by atoms with Crippen LogP contribution in [0.1, 0.15) is 12.5 Å². The maximum atomic E-state index is 12.5. The van der Waals surface area contributed by atoms with Crippen LogP contribution < -0.4 is 14.9 Å². The Morgan fingerprint density at radius 2 is 1.26 bits per heavy atom. The first-order valence-corrected chi connectivity index (χ1v) is 17.7. The van der Waals surface area contributed by atoms with E-state index in [1.807, 2.05) is 0 Å². The van der Waals surface area contributed by atoms with Gasteiger partial charge in [-0.3, -0.25) is 23.2 Å². The molecular formula is C28H21ClN2O13S3. The number of carbonyl (C=O) groups excluding carboxylic acids is 2. The maximum Gasteiger partial charge on any atom is 0.329 e. The van der Waals surface area contributed by atoms with E-state index in [1.165, 1.54) is 49.5 Å². The van der Waals surface area contributed by atoms with Gasteiger partial charge in [-0.25, -0.2) is 5.43 Å². The first-order chi connectivity index (χ1) is 21.9. The van der Waals surface area contributed by atoms with Crippen LogP contribution in [0, 0.1) is 0 Å². The van der Waals surface area contributed by atoms with Crippen molar-refractivity contribution >= 4 is 92.4 Å². The van der Waals surface area contributed by atoms with Crippen LogP contribution in [-0.2, 0) is 39.9 Å². The lowest BCUT2D eigenvalue weighted by atomic mass is 9.93. The van der Waals surface area contributed by atoms with Crippen LogP contribution in [-0.4, -0.2) is 69.0 Å². The number of rotatable bonds is 10. The fraction of sp³-hybridized carbons (Fsp3) is 0.107. The molecule has 5 aromatic rings. The van der Waals surface area contributed by atoms with E-state index < -0.39 is 68.9 Å². The molecule has 0 aliphatic carbocycles. The Morgan fingerprint density at radius 1 is 0.787 bits per heavy atom. The lowest BCUT2D eigenvalue weighted by Gasteiger charge is -2.18. The molecule has 0 fully saturated rings. The maximum absolute atomic E-state index is 12.5. The SMILES string of the molecule is C[C@H](Cl)C(=O)Oc1ccc(/C=N\NC(=O)COc2cc(S(=O)(=O)O)c3ccc4c(S(=O)(=O)O)cc(S(=O)(=O)O)c5ccc2c3c54)cc1. The zero-order chi connectivity index (χ0) is 34.5. The van der Waals surface area contributed by atoms with Gasteiger partial charge in [0, 0.05) is 38.4 Å². The van der Waals surface area contributed by atoms with E-state index in [-0.39, 0.29) is 43.8 Å². The number of alkyl halides is 1. The van der Waals surface area contributed by atoms with E-state index in [4.69, 9.17) is 21.1 Å². The van der Waals surface area contributed by atoms with E-state index in [0.717, 1.165) is 18.2 Å². The number of benzene rings is 5. The summed E-state index contributed by atoms with van der Waals surface area (Å²) in [5.41, 5.74) is 2.70. The van der Waals surface area contributed by atoms with Crippen molar-refractivity contribution in [2.45, 2.75) is 27.0 Å². The van der Waals surface area contributed by atoms with Gasteiger partial charge in [-0.1, -0.05) is 18.2 Å². The van der Waals surface area contributed by atoms with Crippen LogP contribution in [0.2, 0.25) is 0 Å². The fourth-order valence-electron chi connectivity index (χ4n) is 4.80. The summed E-state index contributed by atoms with van der Waals surface area (Å²) < 4.78 is 114. The summed E-state index contributed by atoms with van der Waals surface area (Å²) >= 11 is 5.67. The van der Waals surface area contributed by atoms with Crippen molar-refractivity contribution < 1.29 is 58.0 Å². The molecular weight excluding hydrogens is 704 g/mol. The van der Waals surface area contributed by atoms with Crippen LogP contribution in [0.3, 0.4) is 0 Å². The summed E-state index contributed by atoms with van der Waals surface area (Å²) in [5, 5.41) is 2.02. The highest BCUT2D eigenvalue weighted by molar-refractivity contribution is 7.87. The van der Waals surface area contributed by atoms with Gasteiger partial charge in [0.05, 0.1) is 6.21 Å². The first-order valence-electron chi connectivity index (χ1n) is 13.0. The number of hydrogen-bond donors (Lipinski definition) is 4. The standard InChI is InChI=1S/C28H21ClN2O13S3/c1-14(29)28(33)44-16-4-2-15(3-5-16)12-30-31-25(32)13-43-21-10-22(45(34,35)36)18-8-9-20-24(47(40,41)42)11-23(46(37,38)39)19-7-6-17(21)26(18)27(19)20/h2-12,14H,13H2,1H3,(H,31,32)(H,34,35,36)(H,37,38,39)(H,40,41,42)/b30-12-/t14-/m0/s1. The quantitative estimate of drug-likeness (QED) is 0.0308. The molecule has 0 saturated heterocycles. The average molecular weight is 725 g/mol. The molecule has 0 saturated carbocycles. The molecule has 0 bridgehead atoms. The minimum atomic E-state index is -5.09. The first kappa shape index (κ1) is 33.9. The molecule has 246 valence electrons. The summed E-state index contributed by atoms with van der Waals surface area (Å²) in [4.78, 5) is 21.6. The smallest absolute Gasteiger partial charge is 0.329 e. The second-order valence-electron chi connectivity index (χ2n) is 9.93. The Morgan fingerprint density at radius 3 is 1.74 bits per heavy atom. The Labute approximate surface area is 271 Å². The second-order valence-corrected chi connectivity index (χ2v) is 14.8. The molecule has 47 heavy (non-hydrogen) atoms. The molecule has 0 heterocycles. The van der Waals surface area contributed by atoms with Gasteiger partial charge in [-0.15, -0.1) is 11.6 Å². The Balaban J connectivity index is 1.51. The Bertz CT molecular complexity index is 2390. The van der Waals surface area contributed by atoms with Gasteiger partial charge in [0.25, 0.3) is 36.3 Å². The van der Waals surface area contributed by atoms with Crippen LogP contribution >= 0.6 is 11.6 Å². The normalized spacial score (nSPS) is 13.4. The third-order valence-electron chi connectivity index (χ3n) is 6.77. The van der Waals surface area contributed by atoms with Crippen molar-refractivity contribution in [3.05, 3.63) is 66.2 Å². The van der Waals surface area contributed by atoms with Crippen LogP contribution in [0.15, 0.2) is 80.5 Å². The van der Waals surface area contributed by atoms with Crippen LogP contribution in [0.25, 0.3) is 32.3 Å². The van der Waals surface area contributed by atoms with Crippen molar-refractivity contribution in [1.29, 1.82) is 0 Å². The third-order valence-corrected chi connectivity index (χ3v) is 9.62. The van der Waals surface area contributed by atoms with E-state index in [0.29, 0.717) is 11.6 Å². The molecule has 5 aromatic carbocycles. The Hall–Kier alpha value is -4.43. The average Bonchev–Trinajstić information content (AvgIpc) is 2.97. The number of halogens is 1. The van der Waals surface area contributed by atoms with Gasteiger partial charge in [0.1, 0.15) is 31.6 Å². The molecule has 0 radical (unpaired) electrons. The Kier molecular flexibility index (Phi) is 8.88. The second kappa shape index (κ2) is 12.3. The predicted octanol–water partition coefficient (Wildman–Crippen LogP) is 3.39. The number of hydrazone groups is 1. The van der Waals surface area contributed by atoms with Crippen molar-refractivity contribution in [3.63, 3.8) is 0 Å². The number of amides is 1. The van der Waals surface area contributed by atoms with Gasteiger partial charge >= 0.3 is 5.97 Å². The molecule has 0 aliphatic heterocycles. The number of carbonyl (C=O) groups is 2. The molecule has 4 N–H and O–H groups in total. The molecule has 1 amide bonds. The highest BCUT2D eigenvalue weighted by Gasteiger charge is 2.28. The number of nitrogens with zero attached hydrogens (tertiary/aromatic N) is 1. The lowest BCUT2D eigenvalue weighted by Crippen LogP contribution is -2.24. The third kappa shape index (κ3) is 6.98. The fourth-order valence-corrected chi connectivity index (χ4v) is 7.05. The number of ether oxygens (including phenoxy) is 2. The van der Waals surface area contributed by atoms with Crippen molar-refractivity contribution in [3.8, 4) is 11.5 Å². The van der Waals surface area contributed by atoms with Gasteiger partial charge in [-0.2, -0.15) is 30.4 Å². The van der Waals surface area contributed by atoms with Gasteiger partial charge in [-0.05, 0) is 48.9 Å². The summed E-state index contributed by atoms with van der Waals surface area (Å²) in [6.45, 7) is 0.712. The minimum Gasteiger partial charge on any atom is -0.483 e. The molecule has 0 aromatic heterocycles. The highest BCUT2D eigenvalue weighted by atomic mass is 35.5. The molecule has 5 rings (SSSR count). The minimum absolute atomic E-state index is 0.0555.